The van der Waals surface area contributed by atoms with Crippen LogP contribution in [0.1, 0.15) is 20.8 Å². The Morgan fingerprint density at radius 2 is 1.93 bits per heavy atom. The van der Waals surface area contributed by atoms with Crippen LogP contribution in [0.15, 0.2) is 48.8 Å². The molecule has 0 bridgehead atoms. The zero-order valence-electron chi connectivity index (χ0n) is 15.0. The first kappa shape index (κ1) is 17.9. The molecule has 0 saturated carbocycles. The number of nitrogens with zero attached hydrogens (tertiary/aromatic N) is 5. The first-order valence-electron chi connectivity index (χ1n) is 8.40. The monoisotopic (exact) mass is 394 g/mol. The number of halogens is 1. The van der Waals surface area contributed by atoms with Crippen molar-refractivity contribution < 1.29 is 9.18 Å². The summed E-state index contributed by atoms with van der Waals surface area (Å²) in [6.07, 6.45) is 1.50. The minimum atomic E-state index is -0.300. The smallest absolute Gasteiger partial charge is 0.257 e. The predicted molar refractivity (Wildman–Crippen MR) is 104 cm³/mol. The highest BCUT2D eigenvalue weighted by molar-refractivity contribution is 7.16. The van der Waals surface area contributed by atoms with Gasteiger partial charge in [-0.1, -0.05) is 0 Å². The summed E-state index contributed by atoms with van der Waals surface area (Å²) in [5.74, 6) is -0.559. The van der Waals surface area contributed by atoms with Crippen LogP contribution >= 0.6 is 11.3 Å². The number of benzene rings is 2. The standard InChI is InChI=1S/C19H15FN6OS/c1-11-9-14(5-8-16(11)26-10-21-24-25-26)18(27)23-19-22-17(12(2)28-19)13-3-6-15(20)7-4-13/h3-10H,1-2H3,(H,22,23,27). The molecule has 140 valence electrons. The predicted octanol–water partition coefficient (Wildman–Crippen LogP) is 3.79. The highest BCUT2D eigenvalue weighted by Crippen LogP contribution is 2.30. The number of tetrazole rings is 1. The van der Waals surface area contributed by atoms with Gasteiger partial charge in [-0.25, -0.2) is 14.1 Å². The lowest BCUT2D eigenvalue weighted by Crippen LogP contribution is -2.12. The molecule has 0 radical (unpaired) electrons. The summed E-state index contributed by atoms with van der Waals surface area (Å²) in [5.41, 5.74) is 3.70. The summed E-state index contributed by atoms with van der Waals surface area (Å²) in [5, 5.41) is 14.4. The lowest BCUT2D eigenvalue weighted by Gasteiger charge is -2.07. The van der Waals surface area contributed by atoms with E-state index in [2.05, 4.69) is 25.8 Å². The van der Waals surface area contributed by atoms with Crippen molar-refractivity contribution in [1.29, 1.82) is 0 Å². The fraction of sp³-hybridized carbons (Fsp3) is 0.105. The molecule has 1 N–H and O–H groups in total. The van der Waals surface area contributed by atoms with Crippen LogP contribution in [0, 0.1) is 19.7 Å². The number of nitrogens with one attached hydrogen (secondary N) is 1. The van der Waals surface area contributed by atoms with Gasteiger partial charge in [0, 0.05) is 16.0 Å². The number of aromatic nitrogens is 5. The number of thiazole rings is 1. The van der Waals surface area contributed by atoms with E-state index in [4.69, 9.17) is 0 Å². The van der Waals surface area contributed by atoms with Crippen molar-refractivity contribution in [1.82, 2.24) is 25.2 Å². The third-order valence-electron chi connectivity index (χ3n) is 4.19. The number of anilines is 1. The average molecular weight is 394 g/mol. The van der Waals surface area contributed by atoms with Gasteiger partial charge in [-0.05, 0) is 72.3 Å². The number of hydrogen-bond donors (Lipinski definition) is 1. The van der Waals surface area contributed by atoms with Crippen LogP contribution in [-0.4, -0.2) is 31.1 Å². The normalized spacial score (nSPS) is 10.8. The molecule has 0 atom stereocenters. The molecule has 0 fully saturated rings. The van der Waals surface area contributed by atoms with Gasteiger partial charge < -0.3 is 0 Å². The van der Waals surface area contributed by atoms with Gasteiger partial charge >= 0.3 is 0 Å². The van der Waals surface area contributed by atoms with Crippen molar-refractivity contribution in [3.05, 3.63) is 70.6 Å². The quantitative estimate of drug-likeness (QED) is 0.569. The zero-order chi connectivity index (χ0) is 19.7. The van der Waals surface area contributed by atoms with Crippen LogP contribution in [0.4, 0.5) is 9.52 Å². The lowest BCUT2D eigenvalue weighted by molar-refractivity contribution is 0.102. The molecule has 0 saturated heterocycles. The summed E-state index contributed by atoms with van der Waals surface area (Å²) in [7, 11) is 0. The molecule has 9 heteroatoms. The van der Waals surface area contributed by atoms with E-state index in [0.717, 1.165) is 27.4 Å². The molecule has 1 amide bonds. The Hall–Kier alpha value is -3.46. The molecule has 0 aliphatic carbocycles. The van der Waals surface area contributed by atoms with Crippen molar-refractivity contribution in [2.75, 3.05) is 5.32 Å². The van der Waals surface area contributed by atoms with E-state index in [9.17, 15) is 9.18 Å². The molecule has 4 rings (SSSR count). The van der Waals surface area contributed by atoms with Gasteiger partial charge in [-0.15, -0.1) is 16.4 Å². The van der Waals surface area contributed by atoms with Gasteiger partial charge in [0.05, 0.1) is 11.4 Å². The minimum absolute atomic E-state index is 0.259. The second-order valence-corrected chi connectivity index (χ2v) is 7.34. The Morgan fingerprint density at radius 1 is 1.14 bits per heavy atom. The molecule has 2 heterocycles. The van der Waals surface area contributed by atoms with Crippen molar-refractivity contribution in [2.24, 2.45) is 0 Å². The SMILES string of the molecule is Cc1cc(C(=O)Nc2nc(-c3ccc(F)cc3)c(C)s2)ccc1-n1cnnn1. The summed E-state index contributed by atoms with van der Waals surface area (Å²) >= 11 is 1.37. The largest absolute Gasteiger partial charge is 0.298 e. The zero-order valence-corrected chi connectivity index (χ0v) is 15.9. The van der Waals surface area contributed by atoms with Crippen molar-refractivity contribution in [2.45, 2.75) is 13.8 Å². The van der Waals surface area contributed by atoms with Gasteiger partial charge in [0.1, 0.15) is 12.1 Å². The Bertz CT molecular complexity index is 1140. The molecular formula is C19H15FN6OS. The summed E-state index contributed by atoms with van der Waals surface area (Å²) in [6, 6.07) is 11.4. The second-order valence-electron chi connectivity index (χ2n) is 6.14. The first-order valence-corrected chi connectivity index (χ1v) is 9.21. The fourth-order valence-electron chi connectivity index (χ4n) is 2.82. The molecule has 0 spiro atoms. The van der Waals surface area contributed by atoms with E-state index in [0.29, 0.717) is 10.7 Å². The molecule has 7 nitrogen and oxygen atoms in total. The Morgan fingerprint density at radius 3 is 2.61 bits per heavy atom. The van der Waals surface area contributed by atoms with E-state index in [-0.39, 0.29) is 11.7 Å². The first-order chi connectivity index (χ1) is 13.5. The number of carbonyl (C=O) groups is 1. The fourth-order valence-corrected chi connectivity index (χ4v) is 3.65. The highest BCUT2D eigenvalue weighted by Gasteiger charge is 2.14. The summed E-state index contributed by atoms with van der Waals surface area (Å²) in [4.78, 5) is 18.1. The number of rotatable bonds is 4. The topological polar surface area (TPSA) is 85.6 Å². The molecule has 2 aromatic carbocycles. The third-order valence-corrected chi connectivity index (χ3v) is 5.08. The van der Waals surface area contributed by atoms with Crippen LogP contribution in [-0.2, 0) is 0 Å². The number of carbonyl (C=O) groups excluding carboxylic acids is 1. The maximum Gasteiger partial charge on any atom is 0.257 e. The molecule has 4 aromatic rings. The third kappa shape index (κ3) is 3.52. The van der Waals surface area contributed by atoms with E-state index < -0.39 is 0 Å². The van der Waals surface area contributed by atoms with Crippen LogP contribution < -0.4 is 5.32 Å². The van der Waals surface area contributed by atoms with Crippen molar-refractivity contribution >= 4 is 22.4 Å². The summed E-state index contributed by atoms with van der Waals surface area (Å²) in [6.45, 7) is 3.80. The number of amides is 1. The van der Waals surface area contributed by atoms with E-state index in [1.54, 1.807) is 30.3 Å². The van der Waals surface area contributed by atoms with Gasteiger partial charge in [0.15, 0.2) is 5.13 Å². The average Bonchev–Trinajstić information content (AvgIpc) is 3.32. The maximum atomic E-state index is 13.1. The van der Waals surface area contributed by atoms with E-state index in [1.807, 2.05) is 13.8 Å². The van der Waals surface area contributed by atoms with Crippen molar-refractivity contribution in [3.63, 3.8) is 0 Å². The lowest BCUT2D eigenvalue weighted by atomic mass is 10.1. The highest BCUT2D eigenvalue weighted by atomic mass is 32.1. The van der Waals surface area contributed by atoms with Gasteiger partial charge in [-0.2, -0.15) is 0 Å². The van der Waals surface area contributed by atoms with Crippen LogP contribution in [0.3, 0.4) is 0 Å². The molecule has 0 aliphatic rings. The van der Waals surface area contributed by atoms with E-state index in [1.165, 1.54) is 34.5 Å². The van der Waals surface area contributed by atoms with Crippen LogP contribution in [0.25, 0.3) is 16.9 Å². The summed E-state index contributed by atoms with van der Waals surface area (Å²) < 4.78 is 14.7. The molecular weight excluding hydrogens is 379 g/mol. The maximum absolute atomic E-state index is 13.1. The molecule has 28 heavy (non-hydrogen) atoms. The Kier molecular flexibility index (Phi) is 4.66. The number of hydrogen-bond acceptors (Lipinski definition) is 6. The molecule has 0 aliphatic heterocycles. The molecule has 2 aromatic heterocycles. The molecule has 0 unspecified atom stereocenters. The number of aryl methyl sites for hydroxylation is 2. The Labute approximate surface area is 163 Å². The van der Waals surface area contributed by atoms with Gasteiger partial charge in [-0.3, -0.25) is 10.1 Å². The van der Waals surface area contributed by atoms with E-state index >= 15 is 0 Å². The van der Waals surface area contributed by atoms with Crippen molar-refractivity contribution in [3.8, 4) is 16.9 Å². The Balaban J connectivity index is 1.55. The van der Waals surface area contributed by atoms with Gasteiger partial charge in [0.25, 0.3) is 5.91 Å². The van der Waals surface area contributed by atoms with Crippen LogP contribution in [0.5, 0.6) is 0 Å². The second kappa shape index (κ2) is 7.28. The minimum Gasteiger partial charge on any atom is -0.298 e. The van der Waals surface area contributed by atoms with Crippen LogP contribution in [0.2, 0.25) is 0 Å². The van der Waals surface area contributed by atoms with Gasteiger partial charge in [0.2, 0.25) is 0 Å².